The summed E-state index contributed by atoms with van der Waals surface area (Å²) in [6.45, 7) is 11.5. The molecule has 0 fully saturated rings. The topological polar surface area (TPSA) is 340 Å². The molecule has 0 spiro atoms. The molecule has 9 rings (SSSR count). The number of rotatable bonds is 37. The van der Waals surface area contributed by atoms with E-state index in [9.17, 15) is 44.1 Å². The number of hydrogen-bond acceptors (Lipinski definition) is 16. The number of hydrogen-bond donors (Lipinski definition) is 9. The lowest BCUT2D eigenvalue weighted by molar-refractivity contribution is -0.153. The highest BCUT2D eigenvalue weighted by Crippen LogP contribution is 2.53. The summed E-state index contributed by atoms with van der Waals surface area (Å²) in [5.41, 5.74) is 8.93. The molecule has 3 aromatic heterocycles. The molecule has 8 atom stereocenters. The SMILES string of the molecule is CNC(=O)N[C@@H](c1nc(-c2ccc(C[C@@H](CCO)NC(=O)c3ccc(OC(C)C)c(Cl)c3)cc2)cn1C)C(C)(c1ccc(C(=O)N[C@H](CCO)Cc2ccc(-c3cn(C)c(C(C)=O)n3)cc2)c(Cl)c1OC(C)(F)C(F)F)C(OC(N)=O)[C@H](C)c1nc(-c2ccc(C[C@@H](CCO)NC(=O)c3ccc(OC(C)C)c(Cl)c3)cc2)cn1C. The van der Waals surface area contributed by atoms with E-state index in [1.807, 2.05) is 39.8 Å². The Balaban J connectivity index is 1.13. The van der Waals surface area contributed by atoms with Gasteiger partial charge in [-0.2, -0.15) is 4.39 Å². The van der Waals surface area contributed by atoms with E-state index in [1.54, 1.807) is 145 Å². The molecular formula is C83H96Cl3F3N12O13. The van der Waals surface area contributed by atoms with Gasteiger partial charge >= 0.3 is 24.4 Å². The Morgan fingerprint density at radius 1 is 0.561 bits per heavy atom. The first kappa shape index (κ1) is 87.5. The lowest BCUT2D eigenvalue weighted by Gasteiger charge is -2.46. The van der Waals surface area contributed by atoms with Gasteiger partial charge in [-0.3, -0.25) is 19.2 Å². The molecule has 0 saturated carbocycles. The van der Waals surface area contributed by atoms with Crippen molar-refractivity contribution < 1.29 is 76.2 Å². The van der Waals surface area contributed by atoms with Crippen LogP contribution in [0.25, 0.3) is 33.8 Å². The Morgan fingerprint density at radius 3 is 1.36 bits per heavy atom. The summed E-state index contributed by atoms with van der Waals surface area (Å²) in [6.07, 6.45) is -1.20. The van der Waals surface area contributed by atoms with Gasteiger partial charge in [-0.1, -0.05) is 121 Å². The van der Waals surface area contributed by atoms with E-state index in [0.717, 1.165) is 11.1 Å². The maximum absolute atomic E-state index is 17.0. The first-order chi connectivity index (χ1) is 54.0. The minimum absolute atomic E-state index is 0.00164. The molecule has 25 nitrogen and oxygen atoms in total. The first-order valence-electron chi connectivity index (χ1n) is 37.1. The molecule has 114 heavy (non-hydrogen) atoms. The molecule has 608 valence electrons. The molecule has 0 bridgehead atoms. The van der Waals surface area contributed by atoms with Crippen molar-refractivity contribution in [3.63, 3.8) is 0 Å². The van der Waals surface area contributed by atoms with E-state index in [2.05, 4.69) is 31.6 Å². The predicted molar refractivity (Wildman–Crippen MR) is 429 cm³/mol. The zero-order chi connectivity index (χ0) is 83.2. The van der Waals surface area contributed by atoms with Crippen LogP contribution >= 0.6 is 34.8 Å². The first-order valence-corrected chi connectivity index (χ1v) is 38.2. The predicted octanol–water partition coefficient (Wildman–Crippen LogP) is 13.3. The molecule has 0 aliphatic rings. The van der Waals surface area contributed by atoms with Crippen molar-refractivity contribution in [3.05, 3.63) is 211 Å². The van der Waals surface area contributed by atoms with Crippen LogP contribution in [0.3, 0.4) is 0 Å². The molecule has 0 radical (unpaired) electrons. The van der Waals surface area contributed by atoms with Crippen LogP contribution in [0.4, 0.5) is 22.8 Å². The number of nitrogens with zero attached hydrogens (tertiary/aromatic N) is 6. The van der Waals surface area contributed by atoms with Crippen LogP contribution in [-0.4, -0.2) is 155 Å². The minimum atomic E-state index is -3.89. The van der Waals surface area contributed by atoms with Crippen LogP contribution in [0.1, 0.15) is 162 Å². The van der Waals surface area contributed by atoms with E-state index in [1.165, 1.54) is 45.2 Å². The smallest absolute Gasteiger partial charge is 0.404 e. The Morgan fingerprint density at radius 2 is 0.974 bits per heavy atom. The van der Waals surface area contributed by atoms with Gasteiger partial charge in [0.1, 0.15) is 41.0 Å². The number of ketones is 1. The fourth-order valence-electron chi connectivity index (χ4n) is 13.7. The molecule has 6 aromatic carbocycles. The second kappa shape index (κ2) is 38.6. The number of aromatic nitrogens is 6. The molecule has 31 heteroatoms. The maximum Gasteiger partial charge on any atom is 0.404 e. The van der Waals surface area contributed by atoms with Gasteiger partial charge in [0, 0.05) is 132 Å². The molecule has 6 amide bonds. The van der Waals surface area contributed by atoms with E-state index < -0.39 is 107 Å². The number of aliphatic hydroxyl groups is 3. The normalized spacial score (nSPS) is 14.2. The van der Waals surface area contributed by atoms with Gasteiger partial charge in [-0.25, -0.2) is 33.3 Å². The molecule has 0 saturated heterocycles. The standard InChI is InChI=1S/C83H96Cl3F3N12O13/c1-45(2)111-67-29-25-55(40-62(67)84)76(106)92-57(31-34-102)37-49-13-19-52(20-14-49)64-42-99(10)73(95-64)47(5)72(113-80(90)109)82(7,61-28-27-60(69(86)70(61)114-83(8,89)79(87)88)78(108)94-59(33-36-104)39-51-15-21-53(22-16-51)65-43-100(11)74(96-65)48(6)105)71(98-81(110)91-9)75-97-66(44-101(75)12)54-23-17-50(18-24-54)38-58(32-35-103)93-77(107)56-26-30-68(63(85)41-56)112-46(3)4/h13-30,40-47,57-59,71-72,79,102-104H,31-39H2,1-12H3,(H2,90,109)(H,92,106)(H,93,107)(H,94,108)(H2,91,98,110)/t47-,57+,58+,59+,71-,72?,82?,83?/m0/s1. The molecule has 9 aromatic rings. The van der Waals surface area contributed by atoms with Crippen LogP contribution in [0, 0.1) is 0 Å². The van der Waals surface area contributed by atoms with Gasteiger partial charge < -0.3 is 80.3 Å². The van der Waals surface area contributed by atoms with Crippen molar-refractivity contribution in [1.29, 1.82) is 0 Å². The van der Waals surface area contributed by atoms with Gasteiger partial charge in [0.2, 0.25) is 0 Å². The number of amides is 6. The quantitative estimate of drug-likeness (QED) is 0.0163. The summed E-state index contributed by atoms with van der Waals surface area (Å²) in [4.78, 5) is 97.4. The monoisotopic (exact) mass is 1630 g/mol. The van der Waals surface area contributed by atoms with E-state index >= 15 is 13.2 Å². The van der Waals surface area contributed by atoms with E-state index in [-0.39, 0.29) is 108 Å². The largest absolute Gasteiger partial charge is 0.489 e. The summed E-state index contributed by atoms with van der Waals surface area (Å²) in [7, 11) is 6.29. The number of imidazole rings is 3. The van der Waals surface area contributed by atoms with Gasteiger partial charge in [-0.15, -0.1) is 0 Å². The lowest BCUT2D eigenvalue weighted by atomic mass is 9.66. The number of urea groups is 1. The van der Waals surface area contributed by atoms with Crippen molar-refractivity contribution >= 4 is 70.4 Å². The molecule has 3 unspecified atom stereocenters. The molecule has 0 aliphatic carbocycles. The number of Topliss-reactive ketones (excluding diaryl/α,β-unsaturated/α-hetero) is 1. The number of carbonyl (C=O) groups is 6. The maximum atomic E-state index is 17.0. The zero-order valence-corrected chi connectivity index (χ0v) is 67.6. The summed E-state index contributed by atoms with van der Waals surface area (Å²) in [5.74, 6) is -6.64. The number of primary amides is 1. The number of aryl methyl sites for hydroxylation is 3. The second-order valence-corrected chi connectivity index (χ2v) is 30.2. The lowest BCUT2D eigenvalue weighted by Crippen LogP contribution is -2.55. The Labute approximate surface area is 674 Å². The number of ether oxygens (including phenoxy) is 4. The Hall–Kier alpha value is -10.5. The van der Waals surface area contributed by atoms with Gasteiger partial charge in [0.15, 0.2) is 11.6 Å². The van der Waals surface area contributed by atoms with E-state index in [0.29, 0.717) is 64.2 Å². The summed E-state index contributed by atoms with van der Waals surface area (Å²) in [5, 5.41) is 44.8. The highest BCUT2D eigenvalue weighted by atomic mass is 35.5. The van der Waals surface area contributed by atoms with Crippen LogP contribution < -0.4 is 46.5 Å². The third-order valence-corrected chi connectivity index (χ3v) is 20.4. The van der Waals surface area contributed by atoms with Crippen molar-refractivity contribution in [1.82, 2.24) is 55.2 Å². The third-order valence-electron chi connectivity index (χ3n) is 19.4. The number of carbonyl (C=O) groups excluding carboxylic acids is 6. The highest BCUT2D eigenvalue weighted by molar-refractivity contribution is 6.35. The summed E-state index contributed by atoms with van der Waals surface area (Å²) in [6, 6.07) is 29.0. The molecule has 0 aliphatic heterocycles. The summed E-state index contributed by atoms with van der Waals surface area (Å²) >= 11 is 20.4. The third kappa shape index (κ3) is 21.5. The average Bonchev–Trinajstić information content (AvgIpc) is 1.17. The number of nitrogens with one attached hydrogen (secondary N) is 5. The Kier molecular flexibility index (Phi) is 29.6. The van der Waals surface area contributed by atoms with Crippen molar-refractivity contribution in [3.8, 4) is 51.0 Å². The fourth-order valence-corrected chi connectivity index (χ4v) is 14.5. The van der Waals surface area contributed by atoms with E-state index in [4.69, 9.17) is 69.5 Å². The van der Waals surface area contributed by atoms with Gasteiger partial charge in [0.05, 0.1) is 61.3 Å². The number of aliphatic hydroxyl groups excluding tert-OH is 3. The van der Waals surface area contributed by atoms with Crippen LogP contribution in [-0.2, 0) is 50.6 Å². The van der Waals surface area contributed by atoms with Crippen molar-refractivity contribution in [2.45, 2.75) is 160 Å². The van der Waals surface area contributed by atoms with Crippen molar-refractivity contribution in [2.75, 3.05) is 26.9 Å². The second-order valence-electron chi connectivity index (χ2n) is 29.0. The number of benzene rings is 6. The zero-order valence-electron chi connectivity index (χ0n) is 65.3. The molecule has 3 heterocycles. The summed E-state index contributed by atoms with van der Waals surface area (Å²) < 4.78 is 76.1. The van der Waals surface area contributed by atoms with Crippen LogP contribution in [0.2, 0.25) is 15.1 Å². The average molecular weight is 1630 g/mol. The van der Waals surface area contributed by atoms with Crippen molar-refractivity contribution in [2.24, 2.45) is 26.9 Å². The minimum Gasteiger partial charge on any atom is -0.489 e. The molecular weight excluding hydrogens is 1540 g/mol. The van der Waals surface area contributed by atoms with Gasteiger partial charge in [-0.05, 0) is 132 Å². The van der Waals surface area contributed by atoms with Crippen LogP contribution in [0.5, 0.6) is 17.2 Å². The van der Waals surface area contributed by atoms with Crippen LogP contribution in [0.15, 0.2) is 140 Å². The number of halogens is 6. The number of alkyl halides is 3. The highest BCUT2D eigenvalue weighted by Gasteiger charge is 2.55. The van der Waals surface area contributed by atoms with Gasteiger partial charge in [0.25, 0.3) is 17.7 Å². The Bertz CT molecular complexity index is 4890. The number of nitrogens with two attached hydrogens (primary N) is 1. The molecule has 10 N–H and O–H groups in total. The fraction of sp³-hybridized carbons (Fsp3) is 0.386.